The Kier molecular flexibility index (Phi) is 5.57. The summed E-state index contributed by atoms with van der Waals surface area (Å²) in [6, 6.07) is 0. The van der Waals surface area contributed by atoms with Gasteiger partial charge in [0, 0.05) is 18.5 Å². The molecule has 98 valence electrons. The predicted octanol–water partition coefficient (Wildman–Crippen LogP) is 0.796. The van der Waals surface area contributed by atoms with Crippen LogP contribution < -0.4 is 4.72 Å². The summed E-state index contributed by atoms with van der Waals surface area (Å²) >= 11 is 3.39. The van der Waals surface area contributed by atoms with Crippen molar-refractivity contribution in [1.29, 1.82) is 0 Å². The van der Waals surface area contributed by atoms with Crippen LogP contribution in [-0.4, -0.2) is 43.7 Å². The number of hydrogen-bond donors (Lipinski definition) is 2. The lowest BCUT2D eigenvalue weighted by Crippen LogP contribution is -2.27. The predicted molar refractivity (Wildman–Crippen MR) is 67.7 cm³/mol. The number of halogens is 1. The van der Waals surface area contributed by atoms with E-state index in [9.17, 15) is 8.42 Å². The highest BCUT2D eigenvalue weighted by Crippen LogP contribution is 2.11. The Balaban J connectivity index is 2.49. The molecule has 0 saturated carbocycles. The molecule has 1 aromatic heterocycles. The largest absolute Gasteiger partial charge is 0.384 e. The molecule has 0 aliphatic heterocycles. The molecule has 8 heteroatoms. The highest BCUT2D eigenvalue weighted by atomic mass is 79.9. The summed E-state index contributed by atoms with van der Waals surface area (Å²) in [6.07, 6.45) is 1.96. The fraction of sp³-hybridized carbons (Fsp3) is 0.667. The van der Waals surface area contributed by atoms with Crippen LogP contribution in [0.25, 0.3) is 0 Å². The van der Waals surface area contributed by atoms with Crippen LogP contribution in [0, 0.1) is 6.92 Å². The van der Waals surface area contributed by atoms with E-state index in [1.165, 1.54) is 6.20 Å². The maximum Gasteiger partial charge on any atom is 0.243 e. The van der Waals surface area contributed by atoms with Gasteiger partial charge in [0.2, 0.25) is 10.0 Å². The van der Waals surface area contributed by atoms with Gasteiger partial charge in [-0.25, -0.2) is 13.1 Å². The van der Waals surface area contributed by atoms with Crippen LogP contribution in [0.1, 0.15) is 12.1 Å². The molecular weight excluding hydrogens is 310 g/mol. The van der Waals surface area contributed by atoms with Crippen LogP contribution in [0.3, 0.4) is 0 Å². The lowest BCUT2D eigenvalue weighted by atomic mass is 10.3. The minimum Gasteiger partial charge on any atom is -0.384 e. The molecule has 0 saturated heterocycles. The minimum atomic E-state index is -3.46. The first-order valence-corrected chi connectivity index (χ1v) is 7.50. The van der Waals surface area contributed by atoms with Crippen molar-refractivity contribution in [2.75, 3.05) is 20.3 Å². The first kappa shape index (κ1) is 14.6. The first-order valence-electron chi connectivity index (χ1n) is 5.10. The maximum absolute atomic E-state index is 11.8. The summed E-state index contributed by atoms with van der Waals surface area (Å²) in [4.78, 5) is 0.330. The van der Waals surface area contributed by atoms with E-state index >= 15 is 0 Å². The Morgan fingerprint density at radius 1 is 1.65 bits per heavy atom. The SMILES string of the molecule is COCC(Br)CCNS(=O)(=O)c1cn[nH]c1C. The number of methoxy groups -OCH3 is 1. The zero-order chi connectivity index (χ0) is 12.9. The van der Waals surface area contributed by atoms with Gasteiger partial charge in [0.05, 0.1) is 18.5 Å². The van der Waals surface area contributed by atoms with E-state index in [1.54, 1.807) is 14.0 Å². The van der Waals surface area contributed by atoms with Gasteiger partial charge in [-0.15, -0.1) is 0 Å². The van der Waals surface area contributed by atoms with Crippen LogP contribution in [0.2, 0.25) is 0 Å². The summed E-state index contributed by atoms with van der Waals surface area (Å²) < 4.78 is 31.1. The van der Waals surface area contributed by atoms with Crippen molar-refractivity contribution >= 4 is 26.0 Å². The van der Waals surface area contributed by atoms with Gasteiger partial charge >= 0.3 is 0 Å². The molecular formula is C9H16BrN3O3S. The van der Waals surface area contributed by atoms with Crippen LogP contribution in [0.4, 0.5) is 0 Å². The van der Waals surface area contributed by atoms with Gasteiger partial charge in [0.15, 0.2) is 0 Å². The van der Waals surface area contributed by atoms with E-state index < -0.39 is 10.0 Å². The van der Waals surface area contributed by atoms with Crippen LogP contribution in [0.5, 0.6) is 0 Å². The van der Waals surface area contributed by atoms with E-state index in [2.05, 4.69) is 30.8 Å². The molecule has 0 fully saturated rings. The molecule has 0 radical (unpaired) electrons. The Morgan fingerprint density at radius 3 is 2.88 bits per heavy atom. The molecule has 1 aromatic rings. The number of aryl methyl sites for hydroxylation is 1. The van der Waals surface area contributed by atoms with Crippen molar-refractivity contribution in [3.8, 4) is 0 Å². The molecule has 1 unspecified atom stereocenters. The van der Waals surface area contributed by atoms with E-state index in [4.69, 9.17) is 4.74 Å². The molecule has 1 atom stereocenters. The van der Waals surface area contributed by atoms with E-state index in [1.807, 2.05) is 0 Å². The Bertz CT molecular complexity index is 446. The van der Waals surface area contributed by atoms with Crippen molar-refractivity contribution in [2.45, 2.75) is 23.1 Å². The van der Waals surface area contributed by atoms with Crippen molar-refractivity contribution in [3.05, 3.63) is 11.9 Å². The number of nitrogens with one attached hydrogen (secondary N) is 2. The fourth-order valence-electron chi connectivity index (χ4n) is 1.30. The van der Waals surface area contributed by atoms with E-state index in [0.29, 0.717) is 25.3 Å². The number of H-pyrrole nitrogens is 1. The highest BCUT2D eigenvalue weighted by molar-refractivity contribution is 9.09. The van der Waals surface area contributed by atoms with Crippen molar-refractivity contribution in [1.82, 2.24) is 14.9 Å². The van der Waals surface area contributed by atoms with Crippen molar-refractivity contribution in [3.63, 3.8) is 0 Å². The van der Waals surface area contributed by atoms with E-state index in [-0.39, 0.29) is 9.72 Å². The second kappa shape index (κ2) is 6.48. The topological polar surface area (TPSA) is 84.1 Å². The van der Waals surface area contributed by atoms with Crippen molar-refractivity contribution in [2.24, 2.45) is 0 Å². The molecule has 0 bridgehead atoms. The van der Waals surface area contributed by atoms with Gasteiger partial charge < -0.3 is 4.74 Å². The van der Waals surface area contributed by atoms with Crippen LogP contribution in [-0.2, 0) is 14.8 Å². The number of aromatic nitrogens is 2. The summed E-state index contributed by atoms with van der Waals surface area (Å²) in [5.74, 6) is 0. The van der Waals surface area contributed by atoms with Crippen molar-refractivity contribution < 1.29 is 13.2 Å². The zero-order valence-corrected chi connectivity index (χ0v) is 12.1. The highest BCUT2D eigenvalue weighted by Gasteiger charge is 2.18. The maximum atomic E-state index is 11.8. The molecule has 0 aromatic carbocycles. The van der Waals surface area contributed by atoms with Crippen LogP contribution >= 0.6 is 15.9 Å². The molecule has 0 aliphatic rings. The number of nitrogens with zero attached hydrogens (tertiary/aromatic N) is 1. The molecule has 0 amide bonds. The van der Waals surface area contributed by atoms with Gasteiger partial charge in [-0.2, -0.15) is 5.10 Å². The molecule has 2 N–H and O–H groups in total. The third kappa shape index (κ3) is 4.38. The van der Waals surface area contributed by atoms with Gasteiger partial charge in [-0.3, -0.25) is 5.10 Å². The number of aromatic amines is 1. The monoisotopic (exact) mass is 325 g/mol. The molecule has 0 aliphatic carbocycles. The molecule has 1 rings (SSSR count). The number of rotatable bonds is 7. The van der Waals surface area contributed by atoms with Gasteiger partial charge in [-0.1, -0.05) is 15.9 Å². The lowest BCUT2D eigenvalue weighted by molar-refractivity contribution is 0.199. The molecule has 0 spiro atoms. The standard InChI is InChI=1S/C9H16BrN3O3S/c1-7-9(5-11-13-7)17(14,15)12-4-3-8(10)6-16-2/h5,8,12H,3-4,6H2,1-2H3,(H,11,13). The zero-order valence-electron chi connectivity index (χ0n) is 9.73. The third-order valence-electron chi connectivity index (χ3n) is 2.17. The average Bonchev–Trinajstić information content (AvgIpc) is 2.65. The second-order valence-electron chi connectivity index (χ2n) is 3.60. The lowest BCUT2D eigenvalue weighted by Gasteiger charge is -2.09. The molecule has 6 nitrogen and oxygen atoms in total. The third-order valence-corrected chi connectivity index (χ3v) is 4.47. The normalized spacial score (nSPS) is 13.8. The number of alkyl halides is 1. The number of hydrogen-bond acceptors (Lipinski definition) is 4. The smallest absolute Gasteiger partial charge is 0.243 e. The van der Waals surface area contributed by atoms with E-state index in [0.717, 1.165) is 0 Å². The molecule has 17 heavy (non-hydrogen) atoms. The Morgan fingerprint density at radius 2 is 2.35 bits per heavy atom. The van der Waals surface area contributed by atoms with Gasteiger partial charge in [0.25, 0.3) is 0 Å². The summed E-state index contributed by atoms with van der Waals surface area (Å²) in [6.45, 7) is 2.57. The summed E-state index contributed by atoms with van der Waals surface area (Å²) in [5, 5.41) is 6.28. The summed E-state index contributed by atoms with van der Waals surface area (Å²) in [7, 11) is -1.86. The van der Waals surface area contributed by atoms with Gasteiger partial charge in [-0.05, 0) is 13.3 Å². The van der Waals surface area contributed by atoms with Crippen LogP contribution in [0.15, 0.2) is 11.1 Å². The molecule has 1 heterocycles. The fourth-order valence-corrected chi connectivity index (χ4v) is 2.98. The Labute approximate surface area is 109 Å². The second-order valence-corrected chi connectivity index (χ2v) is 6.63. The average molecular weight is 326 g/mol. The first-order chi connectivity index (χ1) is 7.97. The number of sulfonamides is 1. The minimum absolute atomic E-state index is 0.139. The van der Waals surface area contributed by atoms with Gasteiger partial charge in [0.1, 0.15) is 4.90 Å². The quantitative estimate of drug-likeness (QED) is 0.726. The summed E-state index contributed by atoms with van der Waals surface area (Å²) in [5.41, 5.74) is 0.532. The number of ether oxygens (including phenoxy) is 1. The Hall–Kier alpha value is -0.440.